The van der Waals surface area contributed by atoms with E-state index in [1.807, 2.05) is 37.3 Å². The molecule has 0 unspecified atom stereocenters. The van der Waals surface area contributed by atoms with Crippen molar-refractivity contribution in [3.05, 3.63) is 94.0 Å². The first-order valence-electron chi connectivity index (χ1n) is 15.1. The first kappa shape index (κ1) is 27.1. The number of piperidine rings is 1. The van der Waals surface area contributed by atoms with Gasteiger partial charge in [-0.2, -0.15) is 0 Å². The zero-order valence-electron chi connectivity index (χ0n) is 24.6. The van der Waals surface area contributed by atoms with Gasteiger partial charge in [0.25, 0.3) is 5.91 Å². The lowest BCUT2D eigenvalue weighted by atomic mass is 9.47. The van der Waals surface area contributed by atoms with Crippen LogP contribution in [-0.2, 0) is 23.1 Å². The summed E-state index contributed by atoms with van der Waals surface area (Å²) in [5.74, 6) is 6.29. The SMILES string of the molecule is Cc1ccc(C#CC(=O)N(C)[C@H]2CC[C@@H]3Oc4c(O)ccc5c4[C@@]34CCN(CCc3ccccc3)[C@H](C5)[C@]24O)cc1C. The molecule has 2 bridgehead atoms. The van der Waals surface area contributed by atoms with E-state index >= 15 is 0 Å². The van der Waals surface area contributed by atoms with Crippen molar-refractivity contribution in [2.24, 2.45) is 0 Å². The molecule has 3 aromatic carbocycles. The van der Waals surface area contributed by atoms with Gasteiger partial charge in [0.15, 0.2) is 11.5 Å². The van der Waals surface area contributed by atoms with Crippen molar-refractivity contribution < 1.29 is 19.7 Å². The summed E-state index contributed by atoms with van der Waals surface area (Å²) >= 11 is 0. The average molecular weight is 563 g/mol. The normalized spacial score (nSPS) is 28.7. The molecule has 6 heteroatoms. The van der Waals surface area contributed by atoms with Crippen LogP contribution in [0.5, 0.6) is 11.5 Å². The van der Waals surface area contributed by atoms with Crippen LogP contribution in [0.15, 0.2) is 60.7 Å². The third kappa shape index (κ3) is 3.83. The van der Waals surface area contributed by atoms with E-state index in [1.54, 1.807) is 18.0 Å². The van der Waals surface area contributed by atoms with Gasteiger partial charge in [0.1, 0.15) is 11.7 Å². The molecule has 2 fully saturated rings. The maximum Gasteiger partial charge on any atom is 0.298 e. The zero-order valence-corrected chi connectivity index (χ0v) is 24.6. The lowest BCUT2D eigenvalue weighted by Crippen LogP contribution is -2.81. The molecule has 1 spiro atoms. The van der Waals surface area contributed by atoms with E-state index in [0.717, 1.165) is 41.8 Å². The molecule has 2 N–H and O–H groups in total. The Morgan fingerprint density at radius 2 is 1.90 bits per heavy atom. The van der Waals surface area contributed by atoms with Crippen molar-refractivity contribution in [1.29, 1.82) is 0 Å². The number of carbonyl (C=O) groups excluding carboxylic acids is 1. The number of amides is 1. The van der Waals surface area contributed by atoms with Crippen molar-refractivity contribution in [2.45, 2.75) is 75.2 Å². The molecule has 2 aliphatic carbocycles. The Bertz CT molecular complexity index is 1620. The number of carbonyl (C=O) groups is 1. The summed E-state index contributed by atoms with van der Waals surface area (Å²) < 4.78 is 6.49. The fourth-order valence-electron chi connectivity index (χ4n) is 8.49. The van der Waals surface area contributed by atoms with Crippen molar-refractivity contribution in [2.75, 3.05) is 20.1 Å². The number of phenolic OH excluding ortho intramolecular Hbond substituents is 1. The minimum Gasteiger partial charge on any atom is -0.504 e. The maximum atomic E-state index is 13.6. The number of rotatable bonds is 4. The number of likely N-dealkylation sites (tertiary alicyclic amines) is 1. The number of benzene rings is 3. The lowest BCUT2D eigenvalue weighted by Gasteiger charge is -2.66. The minimum atomic E-state index is -1.26. The van der Waals surface area contributed by atoms with E-state index in [2.05, 4.69) is 47.9 Å². The Hall–Kier alpha value is -3.79. The number of likely N-dealkylation sites (N-methyl/N-ethyl adjacent to an activating group) is 1. The summed E-state index contributed by atoms with van der Waals surface area (Å²) in [5, 5.41) is 24.1. The highest BCUT2D eigenvalue weighted by atomic mass is 16.5. The van der Waals surface area contributed by atoms with Gasteiger partial charge in [0.05, 0.1) is 11.5 Å². The van der Waals surface area contributed by atoms with Gasteiger partial charge >= 0.3 is 0 Å². The monoisotopic (exact) mass is 562 g/mol. The van der Waals surface area contributed by atoms with Crippen LogP contribution < -0.4 is 4.74 Å². The molecule has 42 heavy (non-hydrogen) atoms. The number of hydrogen-bond acceptors (Lipinski definition) is 5. The van der Waals surface area contributed by atoms with Gasteiger partial charge in [0.2, 0.25) is 0 Å². The number of ether oxygens (including phenoxy) is 1. The number of nitrogens with zero attached hydrogens (tertiary/aromatic N) is 2. The standard InChI is InChI=1S/C36H38N2O4/c1-23-9-10-26(21-24(23)2)11-16-32(40)37(3)29-14-15-31-35-18-20-38(19-17-25-7-5-4-6-8-25)30(36(29,35)41)22-27-12-13-28(39)34(42-31)33(27)35/h4-10,12-13,21,29-31,39,41H,14-15,17-20,22H2,1-3H3/t29-,30+,31-,35+,36+/m0/s1. The topological polar surface area (TPSA) is 73.2 Å². The Morgan fingerprint density at radius 3 is 2.69 bits per heavy atom. The summed E-state index contributed by atoms with van der Waals surface area (Å²) in [6.07, 6.45) is 3.27. The number of aromatic hydroxyl groups is 1. The number of aliphatic hydroxyl groups is 1. The third-order valence-electron chi connectivity index (χ3n) is 10.7. The highest BCUT2D eigenvalue weighted by Gasteiger charge is 2.74. The van der Waals surface area contributed by atoms with Gasteiger partial charge in [0, 0.05) is 36.7 Å². The Balaban J connectivity index is 1.27. The Morgan fingerprint density at radius 1 is 1.10 bits per heavy atom. The molecule has 5 atom stereocenters. The third-order valence-corrected chi connectivity index (χ3v) is 10.7. The highest BCUT2D eigenvalue weighted by Crippen LogP contribution is 2.65. The predicted octanol–water partition coefficient (Wildman–Crippen LogP) is 4.28. The molecule has 2 aliphatic heterocycles. The molecule has 216 valence electrons. The van der Waals surface area contributed by atoms with E-state index in [0.29, 0.717) is 31.4 Å². The van der Waals surface area contributed by atoms with Crippen LogP contribution in [0.4, 0.5) is 0 Å². The van der Waals surface area contributed by atoms with Gasteiger partial charge in [-0.3, -0.25) is 9.69 Å². The predicted molar refractivity (Wildman–Crippen MR) is 162 cm³/mol. The largest absolute Gasteiger partial charge is 0.504 e. The van der Waals surface area contributed by atoms with Crippen molar-refractivity contribution in [3.8, 4) is 23.3 Å². The second-order valence-electron chi connectivity index (χ2n) is 12.7. The first-order chi connectivity index (χ1) is 20.2. The summed E-state index contributed by atoms with van der Waals surface area (Å²) in [5.41, 5.74) is 4.54. The molecule has 0 radical (unpaired) electrons. The maximum absolute atomic E-state index is 13.6. The second kappa shape index (κ2) is 9.90. The van der Waals surface area contributed by atoms with E-state index in [4.69, 9.17) is 4.74 Å². The van der Waals surface area contributed by atoms with Gasteiger partial charge in [-0.25, -0.2) is 0 Å². The van der Waals surface area contributed by atoms with E-state index in [-0.39, 0.29) is 23.8 Å². The fraction of sp³-hybridized carbons (Fsp3) is 0.417. The zero-order chi connectivity index (χ0) is 29.2. The fourth-order valence-corrected chi connectivity index (χ4v) is 8.49. The molecule has 6 nitrogen and oxygen atoms in total. The summed E-state index contributed by atoms with van der Waals surface area (Å²) in [6.45, 7) is 5.74. The number of hydrogen-bond donors (Lipinski definition) is 2. The minimum absolute atomic E-state index is 0.130. The van der Waals surface area contributed by atoms with Crippen LogP contribution in [0, 0.1) is 25.7 Å². The van der Waals surface area contributed by atoms with Crippen LogP contribution in [0.2, 0.25) is 0 Å². The van der Waals surface area contributed by atoms with Gasteiger partial charge in [-0.1, -0.05) is 48.4 Å². The molecule has 2 heterocycles. The molecule has 1 amide bonds. The second-order valence-corrected chi connectivity index (χ2v) is 12.7. The molecule has 3 aromatic rings. The van der Waals surface area contributed by atoms with E-state index < -0.39 is 17.1 Å². The van der Waals surface area contributed by atoms with Crippen LogP contribution in [0.1, 0.15) is 52.6 Å². The van der Waals surface area contributed by atoms with E-state index in [1.165, 1.54) is 11.1 Å². The Kier molecular flexibility index (Phi) is 6.38. The van der Waals surface area contributed by atoms with Crippen molar-refractivity contribution in [1.82, 2.24) is 9.80 Å². The van der Waals surface area contributed by atoms with Crippen LogP contribution >= 0.6 is 0 Å². The first-order valence-corrected chi connectivity index (χ1v) is 15.1. The summed E-state index contributed by atoms with van der Waals surface area (Å²) in [7, 11) is 1.79. The van der Waals surface area contributed by atoms with Gasteiger partial charge in [-0.05, 0) is 92.9 Å². The lowest BCUT2D eigenvalue weighted by molar-refractivity contribution is -0.216. The number of aryl methyl sites for hydroxylation is 2. The smallest absolute Gasteiger partial charge is 0.298 e. The van der Waals surface area contributed by atoms with Crippen LogP contribution in [0.25, 0.3) is 0 Å². The van der Waals surface area contributed by atoms with Gasteiger partial charge < -0.3 is 19.8 Å². The molecular weight excluding hydrogens is 524 g/mol. The summed E-state index contributed by atoms with van der Waals surface area (Å²) in [4.78, 5) is 17.8. The van der Waals surface area contributed by atoms with Crippen molar-refractivity contribution in [3.63, 3.8) is 0 Å². The Labute approximate surface area is 247 Å². The molecule has 0 aromatic heterocycles. The number of phenols is 1. The summed E-state index contributed by atoms with van der Waals surface area (Å²) in [6, 6.07) is 19.5. The molecule has 7 rings (SSSR count). The average Bonchev–Trinajstić information content (AvgIpc) is 3.33. The van der Waals surface area contributed by atoms with E-state index in [9.17, 15) is 15.0 Å². The van der Waals surface area contributed by atoms with Gasteiger partial charge in [-0.15, -0.1) is 0 Å². The molecule has 4 aliphatic rings. The highest BCUT2D eigenvalue weighted by molar-refractivity contribution is 5.94. The van der Waals surface area contributed by atoms with Crippen molar-refractivity contribution >= 4 is 5.91 Å². The molecule has 1 saturated heterocycles. The quantitative estimate of drug-likeness (QED) is 0.465. The van der Waals surface area contributed by atoms with Crippen LogP contribution in [0.3, 0.4) is 0 Å². The van der Waals surface area contributed by atoms with Crippen LogP contribution in [-0.4, -0.2) is 69.8 Å². The molecule has 1 saturated carbocycles. The molecular formula is C36H38N2O4.